The third-order valence-corrected chi connectivity index (χ3v) is 4.09. The molecule has 1 aliphatic rings. The Morgan fingerprint density at radius 1 is 1.22 bits per heavy atom. The molecule has 0 atom stereocenters. The molecule has 1 saturated carbocycles. The molecule has 144 valence electrons. The first-order valence-electron chi connectivity index (χ1n) is 8.66. The lowest BCUT2D eigenvalue weighted by atomic mass is 10.2. The Hall–Kier alpha value is -2.77. The molecule has 0 unspecified atom stereocenters. The summed E-state index contributed by atoms with van der Waals surface area (Å²) in [6.45, 7) is 0.834. The van der Waals surface area contributed by atoms with Gasteiger partial charge in [0.05, 0.1) is 18.7 Å². The molecule has 0 aliphatic heterocycles. The second-order valence-corrected chi connectivity index (χ2v) is 6.47. The van der Waals surface area contributed by atoms with E-state index in [1.807, 2.05) is 6.07 Å². The average molecular weight is 379 g/mol. The largest absolute Gasteiger partial charge is 0.477 e. The second-order valence-electron chi connectivity index (χ2n) is 6.47. The molecule has 1 aliphatic carbocycles. The van der Waals surface area contributed by atoms with Crippen LogP contribution in [0.25, 0.3) is 0 Å². The van der Waals surface area contributed by atoms with E-state index in [1.165, 1.54) is 25.0 Å². The minimum atomic E-state index is -4.42. The molecular weight excluding hydrogens is 359 g/mol. The summed E-state index contributed by atoms with van der Waals surface area (Å²) in [5.74, 6) is 0.875. The van der Waals surface area contributed by atoms with E-state index in [2.05, 4.69) is 15.6 Å². The maximum Gasteiger partial charge on any atom is 0.416 e. The number of amides is 1. The van der Waals surface area contributed by atoms with Gasteiger partial charge in [-0.05, 0) is 42.5 Å². The van der Waals surface area contributed by atoms with Crippen LogP contribution in [0.4, 0.5) is 18.9 Å². The fourth-order valence-corrected chi connectivity index (χ4v) is 2.34. The zero-order chi connectivity index (χ0) is 19.3. The van der Waals surface area contributed by atoms with Gasteiger partial charge in [0.1, 0.15) is 0 Å². The lowest BCUT2D eigenvalue weighted by molar-refractivity contribution is -0.137. The number of alkyl halides is 3. The van der Waals surface area contributed by atoms with Gasteiger partial charge < -0.3 is 15.4 Å². The van der Waals surface area contributed by atoms with Gasteiger partial charge in [-0.2, -0.15) is 13.2 Å². The molecule has 0 saturated heterocycles. The number of anilines is 1. The van der Waals surface area contributed by atoms with E-state index < -0.39 is 11.7 Å². The van der Waals surface area contributed by atoms with Crippen molar-refractivity contribution in [1.82, 2.24) is 10.3 Å². The van der Waals surface area contributed by atoms with Crippen LogP contribution in [0.15, 0.2) is 42.6 Å². The second kappa shape index (κ2) is 8.28. The highest BCUT2D eigenvalue weighted by molar-refractivity contribution is 5.80. The van der Waals surface area contributed by atoms with E-state index in [0.717, 1.165) is 17.7 Å². The fraction of sp³-hybridized carbons (Fsp3) is 0.368. The van der Waals surface area contributed by atoms with Crippen molar-refractivity contribution in [3.05, 3.63) is 53.7 Å². The number of hydrogen-bond acceptors (Lipinski definition) is 4. The number of pyridine rings is 1. The summed E-state index contributed by atoms with van der Waals surface area (Å²) < 4.78 is 43.6. The standard InChI is InChI=1S/C19H20F3N3O2/c20-19(21,22)15-2-1-3-16(8-15)23-11-17(26)24-9-14-6-7-18(25-10-14)27-12-13-4-5-13/h1-3,6-8,10,13,23H,4-5,9,11-12H2,(H,24,26). The molecule has 27 heavy (non-hydrogen) atoms. The van der Waals surface area contributed by atoms with Crippen molar-refractivity contribution in [1.29, 1.82) is 0 Å². The van der Waals surface area contributed by atoms with Gasteiger partial charge in [-0.15, -0.1) is 0 Å². The number of aromatic nitrogens is 1. The summed E-state index contributed by atoms with van der Waals surface area (Å²) in [4.78, 5) is 16.1. The minimum absolute atomic E-state index is 0.128. The van der Waals surface area contributed by atoms with Crippen LogP contribution in [0.3, 0.4) is 0 Å². The van der Waals surface area contributed by atoms with Gasteiger partial charge in [0.25, 0.3) is 0 Å². The van der Waals surface area contributed by atoms with Gasteiger partial charge >= 0.3 is 6.18 Å². The van der Waals surface area contributed by atoms with Crippen molar-refractivity contribution in [2.24, 2.45) is 5.92 Å². The Kier molecular flexibility index (Phi) is 5.83. The number of carbonyl (C=O) groups excluding carboxylic acids is 1. The summed E-state index contributed by atoms with van der Waals surface area (Å²) in [5, 5.41) is 5.38. The van der Waals surface area contributed by atoms with Crippen molar-refractivity contribution in [3.63, 3.8) is 0 Å². The molecule has 1 aromatic carbocycles. The van der Waals surface area contributed by atoms with Crippen molar-refractivity contribution in [2.75, 3.05) is 18.5 Å². The molecule has 0 radical (unpaired) electrons. The van der Waals surface area contributed by atoms with Crippen LogP contribution in [0.2, 0.25) is 0 Å². The number of ether oxygens (including phenoxy) is 1. The number of hydrogen-bond donors (Lipinski definition) is 2. The number of halogens is 3. The Labute approximate surface area is 154 Å². The van der Waals surface area contributed by atoms with Crippen LogP contribution in [0.1, 0.15) is 24.0 Å². The number of rotatable bonds is 8. The van der Waals surface area contributed by atoms with Crippen molar-refractivity contribution < 1.29 is 22.7 Å². The first kappa shape index (κ1) is 19.0. The third kappa shape index (κ3) is 6.16. The Morgan fingerprint density at radius 3 is 2.70 bits per heavy atom. The van der Waals surface area contributed by atoms with Crippen molar-refractivity contribution in [2.45, 2.75) is 25.6 Å². The first-order valence-corrected chi connectivity index (χ1v) is 8.66. The number of nitrogens with zero attached hydrogens (tertiary/aromatic N) is 1. The number of carbonyl (C=O) groups is 1. The molecule has 5 nitrogen and oxygen atoms in total. The highest BCUT2D eigenvalue weighted by atomic mass is 19.4. The van der Waals surface area contributed by atoms with Gasteiger partial charge in [-0.3, -0.25) is 4.79 Å². The van der Waals surface area contributed by atoms with Crippen molar-refractivity contribution >= 4 is 11.6 Å². The predicted molar refractivity (Wildman–Crippen MR) is 94.2 cm³/mol. The van der Waals surface area contributed by atoms with E-state index in [9.17, 15) is 18.0 Å². The third-order valence-electron chi connectivity index (χ3n) is 4.09. The van der Waals surface area contributed by atoms with Gasteiger partial charge in [0.2, 0.25) is 11.8 Å². The highest BCUT2D eigenvalue weighted by Gasteiger charge is 2.30. The maximum atomic E-state index is 12.7. The molecule has 8 heteroatoms. The van der Waals surface area contributed by atoms with Crippen LogP contribution in [-0.2, 0) is 17.5 Å². The maximum absolute atomic E-state index is 12.7. The normalized spacial score (nSPS) is 13.9. The van der Waals surface area contributed by atoms with Crippen molar-refractivity contribution in [3.8, 4) is 5.88 Å². The summed E-state index contributed by atoms with van der Waals surface area (Å²) in [5.41, 5.74) is 0.281. The lowest BCUT2D eigenvalue weighted by Crippen LogP contribution is -2.29. The monoisotopic (exact) mass is 379 g/mol. The average Bonchev–Trinajstić information content (AvgIpc) is 3.48. The summed E-state index contributed by atoms with van der Waals surface area (Å²) in [6.07, 6.45) is -0.373. The topological polar surface area (TPSA) is 63.2 Å². The van der Waals surface area contributed by atoms with Crippen LogP contribution in [-0.4, -0.2) is 24.0 Å². The smallest absolute Gasteiger partial charge is 0.416 e. The fourth-order valence-electron chi connectivity index (χ4n) is 2.34. The van der Waals surface area contributed by atoms with Crippen LogP contribution in [0.5, 0.6) is 5.88 Å². The molecule has 1 fully saturated rings. The van der Waals surface area contributed by atoms with E-state index in [-0.39, 0.29) is 24.7 Å². The number of nitrogens with one attached hydrogen (secondary N) is 2. The summed E-state index contributed by atoms with van der Waals surface area (Å²) in [6, 6.07) is 8.29. The van der Waals surface area contributed by atoms with Crippen LogP contribution >= 0.6 is 0 Å². The molecule has 0 spiro atoms. The molecular formula is C19H20F3N3O2. The highest BCUT2D eigenvalue weighted by Crippen LogP contribution is 2.30. The van der Waals surface area contributed by atoms with E-state index in [0.29, 0.717) is 18.4 Å². The lowest BCUT2D eigenvalue weighted by Gasteiger charge is -2.11. The molecule has 1 amide bonds. The van der Waals surface area contributed by atoms with Crippen LogP contribution < -0.4 is 15.4 Å². The molecule has 1 aromatic heterocycles. The minimum Gasteiger partial charge on any atom is -0.477 e. The first-order chi connectivity index (χ1) is 12.9. The zero-order valence-electron chi connectivity index (χ0n) is 14.6. The Balaban J connectivity index is 1.41. The molecule has 0 bridgehead atoms. The quantitative estimate of drug-likeness (QED) is 0.735. The predicted octanol–water partition coefficient (Wildman–Crippen LogP) is 3.62. The van der Waals surface area contributed by atoms with E-state index >= 15 is 0 Å². The molecule has 2 N–H and O–H groups in total. The van der Waals surface area contributed by atoms with Gasteiger partial charge in [0.15, 0.2) is 0 Å². The zero-order valence-corrected chi connectivity index (χ0v) is 14.6. The van der Waals surface area contributed by atoms with E-state index in [1.54, 1.807) is 12.3 Å². The SMILES string of the molecule is O=C(CNc1cccc(C(F)(F)F)c1)NCc1ccc(OCC2CC2)nc1. The molecule has 3 rings (SSSR count). The Morgan fingerprint density at radius 2 is 2.04 bits per heavy atom. The van der Waals surface area contributed by atoms with Crippen LogP contribution in [0, 0.1) is 5.92 Å². The summed E-state index contributed by atoms with van der Waals surface area (Å²) in [7, 11) is 0. The van der Waals surface area contributed by atoms with Gasteiger partial charge in [-0.1, -0.05) is 12.1 Å². The molecule has 2 aromatic rings. The number of benzene rings is 1. The van der Waals surface area contributed by atoms with Gasteiger partial charge in [-0.25, -0.2) is 4.98 Å². The summed E-state index contributed by atoms with van der Waals surface area (Å²) >= 11 is 0. The Bertz CT molecular complexity index is 775. The molecule has 1 heterocycles. The van der Waals surface area contributed by atoms with Gasteiger partial charge in [0, 0.05) is 24.5 Å². The van der Waals surface area contributed by atoms with E-state index in [4.69, 9.17) is 4.74 Å².